The third-order valence-electron chi connectivity index (χ3n) is 5.73. The van der Waals surface area contributed by atoms with Crippen molar-refractivity contribution in [3.63, 3.8) is 0 Å². The van der Waals surface area contributed by atoms with Crippen molar-refractivity contribution in [1.82, 2.24) is 25.0 Å². The number of carbonyl (C=O) groups excluding carboxylic acids is 2. The van der Waals surface area contributed by atoms with Crippen LogP contribution in [-0.2, 0) is 22.6 Å². The molecule has 0 aliphatic carbocycles. The van der Waals surface area contributed by atoms with Crippen molar-refractivity contribution in [3.8, 4) is 10.4 Å². The van der Waals surface area contributed by atoms with Gasteiger partial charge in [0.05, 0.1) is 5.41 Å². The Kier molecular flexibility index (Phi) is 5.94. The molecule has 4 rings (SSSR count). The van der Waals surface area contributed by atoms with Crippen LogP contribution in [0.1, 0.15) is 18.4 Å². The van der Waals surface area contributed by atoms with Crippen LogP contribution < -0.4 is 5.32 Å². The van der Waals surface area contributed by atoms with Crippen molar-refractivity contribution >= 4 is 23.2 Å². The molecule has 1 aliphatic rings. The number of thiophene rings is 1. The molecule has 30 heavy (non-hydrogen) atoms. The first-order valence-electron chi connectivity index (χ1n) is 10.1. The maximum Gasteiger partial charge on any atom is 0.244 e. The van der Waals surface area contributed by atoms with Crippen LogP contribution in [-0.4, -0.2) is 51.6 Å². The Labute approximate surface area is 179 Å². The summed E-state index contributed by atoms with van der Waals surface area (Å²) in [4.78, 5) is 32.9. The molecule has 1 unspecified atom stereocenters. The van der Waals surface area contributed by atoms with E-state index < -0.39 is 5.41 Å². The number of rotatable bonds is 6. The Morgan fingerprint density at radius 2 is 2.10 bits per heavy atom. The van der Waals surface area contributed by atoms with Gasteiger partial charge in [-0.3, -0.25) is 9.59 Å². The molecule has 2 aromatic heterocycles. The van der Waals surface area contributed by atoms with E-state index in [1.54, 1.807) is 23.3 Å². The zero-order valence-corrected chi connectivity index (χ0v) is 17.8. The topological polar surface area (TPSA) is 80.1 Å². The zero-order chi connectivity index (χ0) is 21.0. The summed E-state index contributed by atoms with van der Waals surface area (Å²) in [5.74, 6) is -0.0539. The highest BCUT2D eigenvalue weighted by Crippen LogP contribution is 2.38. The van der Waals surface area contributed by atoms with Gasteiger partial charge in [-0.25, -0.2) is 9.67 Å². The van der Waals surface area contributed by atoms with Crippen molar-refractivity contribution in [2.24, 2.45) is 5.41 Å². The molecule has 3 aromatic rings. The summed E-state index contributed by atoms with van der Waals surface area (Å²) in [7, 11) is 1.67. The van der Waals surface area contributed by atoms with Crippen LogP contribution in [0.4, 0.5) is 0 Å². The van der Waals surface area contributed by atoms with E-state index in [-0.39, 0.29) is 18.4 Å². The summed E-state index contributed by atoms with van der Waals surface area (Å²) in [6.07, 6.45) is 5.08. The van der Waals surface area contributed by atoms with E-state index in [1.165, 1.54) is 22.2 Å². The number of aromatic nitrogens is 3. The molecule has 0 saturated carbocycles. The lowest BCUT2D eigenvalue weighted by Gasteiger charge is -2.42. The molecule has 0 bridgehead atoms. The number of likely N-dealkylation sites (tertiary alicyclic amines) is 1. The number of nitrogens with one attached hydrogen (secondary N) is 1. The molecule has 8 heteroatoms. The quantitative estimate of drug-likeness (QED) is 0.661. The molecular weight excluding hydrogens is 398 g/mol. The van der Waals surface area contributed by atoms with Crippen LogP contribution >= 0.6 is 11.3 Å². The smallest absolute Gasteiger partial charge is 0.244 e. The maximum atomic E-state index is 13.1. The molecule has 1 atom stereocenters. The summed E-state index contributed by atoms with van der Waals surface area (Å²) in [5.41, 5.74) is 1.63. The van der Waals surface area contributed by atoms with E-state index in [0.717, 1.165) is 24.0 Å². The van der Waals surface area contributed by atoms with Gasteiger partial charge >= 0.3 is 0 Å². The second-order valence-electron chi connectivity index (χ2n) is 7.68. The summed E-state index contributed by atoms with van der Waals surface area (Å²) in [5, 5.41) is 8.94. The minimum atomic E-state index is -0.654. The first kappa shape index (κ1) is 20.3. The number of hydrogen-bond acceptors (Lipinski definition) is 5. The van der Waals surface area contributed by atoms with Gasteiger partial charge in [-0.05, 0) is 41.8 Å². The Hall–Kier alpha value is -3.00. The van der Waals surface area contributed by atoms with Crippen LogP contribution in [0.5, 0.6) is 0 Å². The monoisotopic (exact) mass is 423 g/mol. The van der Waals surface area contributed by atoms with Gasteiger partial charge in [-0.2, -0.15) is 5.10 Å². The lowest BCUT2D eigenvalue weighted by atomic mass is 9.73. The summed E-state index contributed by atoms with van der Waals surface area (Å²) in [6.45, 7) is 1.19. The van der Waals surface area contributed by atoms with Gasteiger partial charge in [0, 0.05) is 25.0 Å². The van der Waals surface area contributed by atoms with Crippen LogP contribution in [0.2, 0.25) is 0 Å². The largest absolute Gasteiger partial charge is 0.359 e. The molecule has 1 fully saturated rings. The number of nitrogens with zero attached hydrogens (tertiary/aromatic N) is 4. The third-order valence-corrected chi connectivity index (χ3v) is 6.64. The Balaban J connectivity index is 1.61. The molecule has 2 amide bonds. The van der Waals surface area contributed by atoms with E-state index in [1.807, 2.05) is 18.2 Å². The lowest BCUT2D eigenvalue weighted by molar-refractivity contribution is -0.141. The average molecular weight is 424 g/mol. The number of benzene rings is 1. The second kappa shape index (κ2) is 8.79. The second-order valence-corrected chi connectivity index (χ2v) is 8.63. The van der Waals surface area contributed by atoms with Crippen LogP contribution in [0, 0.1) is 5.41 Å². The van der Waals surface area contributed by atoms with E-state index in [4.69, 9.17) is 0 Å². The van der Waals surface area contributed by atoms with Gasteiger partial charge in [0.2, 0.25) is 11.8 Å². The first-order valence-corrected chi connectivity index (χ1v) is 10.9. The van der Waals surface area contributed by atoms with E-state index in [0.29, 0.717) is 19.5 Å². The summed E-state index contributed by atoms with van der Waals surface area (Å²) in [6, 6.07) is 12.4. The summed E-state index contributed by atoms with van der Waals surface area (Å²) >= 11 is 1.69. The SMILES string of the molecule is CNC(=O)C1(Cc2ccccc2-c2cccs2)CCCN(C(=O)Cn2cncn2)C1. The molecule has 3 heterocycles. The van der Waals surface area contributed by atoms with Crippen molar-refractivity contribution in [2.45, 2.75) is 25.8 Å². The maximum absolute atomic E-state index is 13.1. The molecule has 156 valence electrons. The molecule has 1 aliphatic heterocycles. The predicted octanol–water partition coefficient (Wildman–Crippen LogP) is 2.60. The third kappa shape index (κ3) is 4.14. The Morgan fingerprint density at radius 3 is 2.83 bits per heavy atom. The minimum Gasteiger partial charge on any atom is -0.359 e. The fourth-order valence-electron chi connectivity index (χ4n) is 4.28. The fraction of sp³-hybridized carbons (Fsp3) is 0.364. The number of amides is 2. The molecular formula is C22H25N5O2S. The van der Waals surface area contributed by atoms with Crippen molar-refractivity contribution < 1.29 is 9.59 Å². The first-order chi connectivity index (χ1) is 14.6. The van der Waals surface area contributed by atoms with Gasteiger partial charge in [-0.15, -0.1) is 11.3 Å². The standard InChI is InChI=1S/C22H25N5O2S/c1-23-21(29)22(12-17-6-2-3-7-18(17)19-8-4-11-30-19)9-5-10-26(14-22)20(28)13-27-16-24-15-25-27/h2-4,6-8,11,15-16H,5,9-10,12-14H2,1H3,(H,23,29). The normalized spacial score (nSPS) is 18.9. The highest BCUT2D eigenvalue weighted by molar-refractivity contribution is 7.13. The van der Waals surface area contributed by atoms with E-state index >= 15 is 0 Å². The molecule has 1 N–H and O–H groups in total. The number of carbonyl (C=O) groups is 2. The van der Waals surface area contributed by atoms with E-state index in [2.05, 4.69) is 39.0 Å². The van der Waals surface area contributed by atoms with Gasteiger partial charge in [0.25, 0.3) is 0 Å². The van der Waals surface area contributed by atoms with Gasteiger partial charge in [-0.1, -0.05) is 30.3 Å². The van der Waals surface area contributed by atoms with Crippen molar-refractivity contribution in [1.29, 1.82) is 0 Å². The van der Waals surface area contributed by atoms with E-state index in [9.17, 15) is 9.59 Å². The van der Waals surface area contributed by atoms with Gasteiger partial charge in [0.1, 0.15) is 19.2 Å². The van der Waals surface area contributed by atoms with Crippen molar-refractivity contribution in [2.75, 3.05) is 20.1 Å². The van der Waals surface area contributed by atoms with Gasteiger partial charge < -0.3 is 10.2 Å². The molecule has 7 nitrogen and oxygen atoms in total. The average Bonchev–Trinajstić information content (AvgIpc) is 3.48. The molecule has 1 aromatic carbocycles. The highest BCUT2D eigenvalue weighted by atomic mass is 32.1. The molecule has 0 spiro atoms. The summed E-state index contributed by atoms with van der Waals surface area (Å²) < 4.78 is 1.52. The van der Waals surface area contributed by atoms with Crippen LogP contribution in [0.3, 0.4) is 0 Å². The predicted molar refractivity (Wildman–Crippen MR) is 116 cm³/mol. The molecule has 0 radical (unpaired) electrons. The van der Waals surface area contributed by atoms with Crippen molar-refractivity contribution in [3.05, 3.63) is 60.0 Å². The number of hydrogen-bond donors (Lipinski definition) is 1. The lowest BCUT2D eigenvalue weighted by Crippen LogP contribution is -2.54. The van der Waals surface area contributed by atoms with Gasteiger partial charge in [0.15, 0.2) is 0 Å². The highest BCUT2D eigenvalue weighted by Gasteiger charge is 2.43. The molecule has 1 saturated heterocycles. The number of piperidine rings is 1. The van der Waals surface area contributed by atoms with Crippen LogP contribution in [0.15, 0.2) is 54.4 Å². The minimum absolute atomic E-state index is 0.0123. The van der Waals surface area contributed by atoms with Crippen LogP contribution in [0.25, 0.3) is 10.4 Å². The Bertz CT molecular complexity index is 1000. The Morgan fingerprint density at radius 1 is 1.23 bits per heavy atom. The zero-order valence-electron chi connectivity index (χ0n) is 17.0. The fourth-order valence-corrected chi connectivity index (χ4v) is 5.07.